The van der Waals surface area contributed by atoms with Crippen LogP contribution in [0.5, 0.6) is 0 Å². The summed E-state index contributed by atoms with van der Waals surface area (Å²) in [5.41, 5.74) is 0. The van der Waals surface area contributed by atoms with Crippen molar-refractivity contribution in [2.75, 3.05) is 0 Å². The van der Waals surface area contributed by atoms with Gasteiger partial charge >= 0.3 is 9.28 Å². The molecule has 5 heteroatoms. The highest BCUT2D eigenvalue weighted by molar-refractivity contribution is 6.81. The van der Waals surface area contributed by atoms with Crippen molar-refractivity contribution in [2.45, 2.75) is 71.5 Å². The van der Waals surface area contributed by atoms with Crippen LogP contribution in [0.25, 0.3) is 0 Å². The van der Waals surface area contributed by atoms with E-state index in [1.54, 1.807) is 0 Å². The Morgan fingerprint density at radius 2 is 1.25 bits per heavy atom. The van der Waals surface area contributed by atoms with Crippen molar-refractivity contribution in [1.29, 1.82) is 0 Å². The van der Waals surface area contributed by atoms with Crippen LogP contribution >= 0.6 is 0 Å². The summed E-state index contributed by atoms with van der Waals surface area (Å²) in [4.78, 5) is 0. The van der Waals surface area contributed by atoms with E-state index in [9.17, 15) is 0 Å². The van der Waals surface area contributed by atoms with Crippen LogP contribution in [0, 0.1) is 0 Å². The minimum Gasteiger partial charge on any atom is -0.439 e. The second kappa shape index (κ2) is 7.10. The molecule has 0 aromatic rings. The molecule has 0 bridgehead atoms. The summed E-state index contributed by atoms with van der Waals surface area (Å²) in [5, 5.41) is 0. The molecule has 0 saturated carbocycles. The van der Waals surface area contributed by atoms with Crippen LogP contribution in [-0.4, -0.2) is 25.9 Å². The zero-order chi connectivity index (χ0) is 12.8. The van der Waals surface area contributed by atoms with E-state index in [1.165, 1.54) is 25.3 Å². The summed E-state index contributed by atoms with van der Waals surface area (Å²) in [5.74, 6) is 0. The molecule has 0 aromatic heterocycles. The zero-order valence-electron chi connectivity index (χ0n) is 12.2. The molecule has 0 unspecified atom stereocenters. The molecule has 0 spiro atoms. The fourth-order valence-electron chi connectivity index (χ4n) is 1.49. The Bertz CT molecular complexity index is 169. The molecule has 0 aliphatic rings. The van der Waals surface area contributed by atoms with Gasteiger partial charge in [-0.05, 0) is 45.3 Å². The maximum Gasteiger partial charge on any atom is 0.300 e. The molecule has 16 heavy (non-hydrogen) atoms. The Hall–Kier alpha value is 0.571. The maximum atomic E-state index is 6.25. The summed E-state index contributed by atoms with van der Waals surface area (Å²) in [7, 11) is -4.23. The first-order chi connectivity index (χ1) is 7.14. The quantitative estimate of drug-likeness (QED) is 0.491. The normalized spacial score (nSPS) is 13.5. The standard InChI is InChI=1S/C11H30O2Si3/c1-8-9-10-11-14(12-15(2,3)4)13-16(5,6)7/h14H,8-11H2,1-7H3. The van der Waals surface area contributed by atoms with Crippen LogP contribution in [-0.2, 0) is 8.23 Å². The third-order valence-corrected chi connectivity index (χ3v) is 10.7. The predicted octanol–water partition coefficient (Wildman–Crippen LogP) is 4.10. The highest BCUT2D eigenvalue weighted by Crippen LogP contribution is 2.16. The largest absolute Gasteiger partial charge is 0.439 e. The minimum absolute atomic E-state index is 1.20. The molecule has 0 atom stereocenters. The lowest BCUT2D eigenvalue weighted by Crippen LogP contribution is -2.43. The van der Waals surface area contributed by atoms with Gasteiger partial charge in [0.1, 0.15) is 0 Å². The predicted molar refractivity (Wildman–Crippen MR) is 80.3 cm³/mol. The number of rotatable bonds is 8. The van der Waals surface area contributed by atoms with Gasteiger partial charge in [0.25, 0.3) is 0 Å². The van der Waals surface area contributed by atoms with Crippen molar-refractivity contribution in [3.05, 3.63) is 0 Å². The minimum atomic E-state index is -1.42. The molecular formula is C11H30O2Si3. The molecule has 0 saturated heterocycles. The van der Waals surface area contributed by atoms with E-state index in [1.807, 2.05) is 0 Å². The lowest BCUT2D eigenvalue weighted by molar-refractivity contribution is 0.414. The summed E-state index contributed by atoms with van der Waals surface area (Å²) in [6.45, 7) is 15.8. The highest BCUT2D eigenvalue weighted by Gasteiger charge is 2.27. The summed E-state index contributed by atoms with van der Waals surface area (Å²) in [6.07, 6.45) is 3.87. The molecule has 0 fully saturated rings. The van der Waals surface area contributed by atoms with Crippen LogP contribution < -0.4 is 0 Å². The molecule has 0 N–H and O–H groups in total. The molecule has 98 valence electrons. The van der Waals surface area contributed by atoms with E-state index in [-0.39, 0.29) is 0 Å². The van der Waals surface area contributed by atoms with Gasteiger partial charge in [-0.15, -0.1) is 0 Å². The van der Waals surface area contributed by atoms with Crippen LogP contribution in [0.2, 0.25) is 45.3 Å². The Morgan fingerprint density at radius 3 is 1.56 bits per heavy atom. The molecule has 2 nitrogen and oxygen atoms in total. The topological polar surface area (TPSA) is 18.5 Å². The van der Waals surface area contributed by atoms with E-state index in [0.29, 0.717) is 0 Å². The van der Waals surface area contributed by atoms with Gasteiger partial charge in [-0.2, -0.15) is 0 Å². The Balaban J connectivity index is 4.17. The van der Waals surface area contributed by atoms with Gasteiger partial charge in [0.15, 0.2) is 16.6 Å². The van der Waals surface area contributed by atoms with Crippen molar-refractivity contribution in [1.82, 2.24) is 0 Å². The second-order valence-electron chi connectivity index (χ2n) is 6.39. The SMILES string of the molecule is CCCCC[SiH](O[Si](C)(C)C)O[Si](C)(C)C. The molecule has 0 aromatic carbocycles. The molecule has 0 aliphatic carbocycles. The summed E-state index contributed by atoms with van der Waals surface area (Å²) >= 11 is 0. The molecule has 0 aliphatic heterocycles. The van der Waals surface area contributed by atoms with Crippen LogP contribution in [0.1, 0.15) is 26.2 Å². The molecule has 0 heterocycles. The zero-order valence-corrected chi connectivity index (χ0v) is 15.4. The van der Waals surface area contributed by atoms with E-state index in [2.05, 4.69) is 46.2 Å². The van der Waals surface area contributed by atoms with Crippen molar-refractivity contribution in [3.8, 4) is 0 Å². The van der Waals surface area contributed by atoms with Crippen LogP contribution in [0.4, 0.5) is 0 Å². The first-order valence-corrected chi connectivity index (χ1v) is 15.1. The van der Waals surface area contributed by atoms with Crippen molar-refractivity contribution in [3.63, 3.8) is 0 Å². The van der Waals surface area contributed by atoms with Gasteiger partial charge in [0.05, 0.1) is 0 Å². The maximum absolute atomic E-state index is 6.25. The average molecular weight is 279 g/mol. The first kappa shape index (κ1) is 16.6. The van der Waals surface area contributed by atoms with Gasteiger partial charge in [-0.1, -0.05) is 26.2 Å². The Labute approximate surface area is 106 Å². The van der Waals surface area contributed by atoms with Crippen molar-refractivity contribution in [2.24, 2.45) is 0 Å². The number of hydrogen-bond donors (Lipinski definition) is 0. The third-order valence-electron chi connectivity index (χ3n) is 2.01. The smallest absolute Gasteiger partial charge is 0.300 e. The molecule has 0 rings (SSSR count). The second-order valence-corrected chi connectivity index (χ2v) is 18.2. The van der Waals surface area contributed by atoms with E-state index < -0.39 is 25.9 Å². The number of unbranched alkanes of at least 4 members (excludes halogenated alkanes) is 2. The summed E-state index contributed by atoms with van der Waals surface area (Å²) in [6, 6.07) is 1.20. The van der Waals surface area contributed by atoms with E-state index in [0.717, 1.165) is 0 Å². The van der Waals surface area contributed by atoms with Crippen molar-refractivity contribution < 1.29 is 8.23 Å². The average Bonchev–Trinajstić information content (AvgIpc) is 1.97. The molecule has 0 radical (unpaired) electrons. The molecule has 0 amide bonds. The fraction of sp³-hybridized carbons (Fsp3) is 1.00. The van der Waals surface area contributed by atoms with Crippen LogP contribution in [0.3, 0.4) is 0 Å². The third kappa shape index (κ3) is 11.1. The van der Waals surface area contributed by atoms with Crippen LogP contribution in [0.15, 0.2) is 0 Å². The Kier molecular flexibility index (Phi) is 7.36. The van der Waals surface area contributed by atoms with Crippen molar-refractivity contribution >= 4 is 25.9 Å². The summed E-state index contributed by atoms with van der Waals surface area (Å²) < 4.78 is 12.5. The lowest BCUT2D eigenvalue weighted by Gasteiger charge is -2.30. The van der Waals surface area contributed by atoms with E-state index in [4.69, 9.17) is 8.23 Å². The van der Waals surface area contributed by atoms with Gasteiger partial charge in [0.2, 0.25) is 0 Å². The highest BCUT2D eigenvalue weighted by atomic mass is 28.4. The van der Waals surface area contributed by atoms with Gasteiger partial charge in [-0.25, -0.2) is 0 Å². The Morgan fingerprint density at radius 1 is 0.812 bits per heavy atom. The monoisotopic (exact) mass is 278 g/mol. The van der Waals surface area contributed by atoms with Gasteiger partial charge in [-0.3, -0.25) is 0 Å². The van der Waals surface area contributed by atoms with Gasteiger partial charge in [0, 0.05) is 0 Å². The number of hydrogen-bond acceptors (Lipinski definition) is 2. The molecular weight excluding hydrogens is 248 g/mol. The van der Waals surface area contributed by atoms with E-state index >= 15 is 0 Å². The first-order valence-electron chi connectivity index (χ1n) is 6.50. The van der Waals surface area contributed by atoms with Gasteiger partial charge < -0.3 is 8.23 Å². The fourth-order valence-corrected chi connectivity index (χ4v) is 9.99. The lowest BCUT2D eigenvalue weighted by atomic mass is 10.3.